The van der Waals surface area contributed by atoms with E-state index >= 15 is 0 Å². The molecule has 366 valence electrons. The first-order valence-electron chi connectivity index (χ1n) is 27.1. The SMILES string of the molecule is CCC/C=C/C=C/C=C/C=C/C=C/CCCCCC(CC(=O)NC(CO)C(O)CCCCCCCCCCCC)OC(=O)CCCCCCCCCCCCCCCCCCCC. The van der Waals surface area contributed by atoms with Crippen LogP contribution in [0.25, 0.3) is 0 Å². The molecule has 63 heavy (non-hydrogen) atoms. The van der Waals surface area contributed by atoms with Crippen molar-refractivity contribution >= 4 is 11.9 Å². The Bertz CT molecular complexity index is 1130. The number of ether oxygens (including phenoxy) is 1. The normalized spacial score (nSPS) is 13.7. The lowest BCUT2D eigenvalue weighted by Crippen LogP contribution is -2.46. The van der Waals surface area contributed by atoms with Crippen LogP contribution in [0.4, 0.5) is 0 Å². The van der Waals surface area contributed by atoms with E-state index in [9.17, 15) is 19.8 Å². The third kappa shape index (κ3) is 45.9. The van der Waals surface area contributed by atoms with Gasteiger partial charge in [-0.2, -0.15) is 0 Å². The maximum atomic E-state index is 13.2. The molecule has 6 heteroatoms. The van der Waals surface area contributed by atoms with Gasteiger partial charge in [0, 0.05) is 6.42 Å². The highest BCUT2D eigenvalue weighted by molar-refractivity contribution is 5.77. The number of aliphatic hydroxyl groups excluding tert-OH is 2. The van der Waals surface area contributed by atoms with E-state index in [0.29, 0.717) is 19.3 Å². The van der Waals surface area contributed by atoms with Crippen LogP contribution in [0.1, 0.15) is 265 Å². The molecule has 0 heterocycles. The standard InChI is InChI=1S/C57H103NO5/c1-4-7-10-13-16-19-22-24-26-28-29-31-33-35-38-41-44-47-50-57(62)63-53(48-45-42-39-36-34-32-30-27-25-23-20-17-14-11-8-5-2)51-56(61)58-54(52-59)55(60)49-46-43-40-37-21-18-15-12-9-6-3/h11,14,17,20,23,25,27,30,32,34,53-55,59-60H,4-10,12-13,15-16,18-19,21-22,24,26,28-29,31,33,35-52H2,1-3H3,(H,58,61)/b14-11+,20-17+,25-23+,30-27+,34-32+. The lowest BCUT2D eigenvalue weighted by atomic mass is 10.0. The third-order valence-electron chi connectivity index (χ3n) is 12.2. The molecule has 1 amide bonds. The van der Waals surface area contributed by atoms with Gasteiger partial charge in [-0.05, 0) is 44.9 Å². The monoisotopic (exact) mass is 882 g/mol. The summed E-state index contributed by atoms with van der Waals surface area (Å²) in [6.45, 7) is 6.39. The van der Waals surface area contributed by atoms with Crippen LogP contribution in [0.3, 0.4) is 0 Å². The van der Waals surface area contributed by atoms with Gasteiger partial charge in [-0.1, -0.05) is 268 Å². The third-order valence-corrected chi connectivity index (χ3v) is 12.2. The molecule has 0 rings (SSSR count). The van der Waals surface area contributed by atoms with Crippen molar-refractivity contribution in [3.63, 3.8) is 0 Å². The molecule has 3 atom stereocenters. The predicted molar refractivity (Wildman–Crippen MR) is 273 cm³/mol. The summed E-state index contributed by atoms with van der Waals surface area (Å²) >= 11 is 0. The molecule has 0 aliphatic heterocycles. The number of hydrogen-bond donors (Lipinski definition) is 3. The maximum Gasteiger partial charge on any atom is 0.306 e. The van der Waals surface area contributed by atoms with E-state index in [0.717, 1.165) is 70.6 Å². The van der Waals surface area contributed by atoms with Gasteiger partial charge in [-0.3, -0.25) is 9.59 Å². The summed E-state index contributed by atoms with van der Waals surface area (Å²) in [5, 5.41) is 23.7. The Hall–Kier alpha value is -2.44. The van der Waals surface area contributed by atoms with Gasteiger partial charge >= 0.3 is 5.97 Å². The van der Waals surface area contributed by atoms with Crippen molar-refractivity contribution in [3.8, 4) is 0 Å². The summed E-state index contributed by atoms with van der Waals surface area (Å²) in [5.74, 6) is -0.509. The average molecular weight is 882 g/mol. The number of carbonyl (C=O) groups excluding carboxylic acids is 2. The fraction of sp³-hybridized carbons (Fsp3) is 0.789. The number of amides is 1. The Kier molecular flexibility index (Phi) is 48.6. The molecule has 0 radical (unpaired) electrons. The Balaban J connectivity index is 4.62. The van der Waals surface area contributed by atoms with E-state index in [4.69, 9.17) is 4.74 Å². The number of rotatable bonds is 48. The van der Waals surface area contributed by atoms with E-state index in [-0.39, 0.29) is 24.9 Å². The van der Waals surface area contributed by atoms with Crippen molar-refractivity contribution < 1.29 is 24.5 Å². The molecule has 0 saturated carbocycles. The summed E-state index contributed by atoms with van der Waals surface area (Å²) < 4.78 is 5.93. The molecule has 0 aliphatic rings. The van der Waals surface area contributed by atoms with E-state index in [2.05, 4.69) is 50.4 Å². The van der Waals surface area contributed by atoms with Crippen molar-refractivity contribution in [2.24, 2.45) is 0 Å². The Morgan fingerprint density at radius 1 is 0.460 bits per heavy atom. The molecule has 3 N–H and O–H groups in total. The number of nitrogens with one attached hydrogen (secondary N) is 1. The summed E-state index contributed by atoms with van der Waals surface area (Å²) in [6, 6.07) is -0.715. The number of carbonyl (C=O) groups is 2. The second kappa shape index (κ2) is 50.6. The summed E-state index contributed by atoms with van der Waals surface area (Å²) in [4.78, 5) is 26.2. The molecule has 3 unspecified atom stereocenters. The molecular formula is C57H103NO5. The second-order valence-corrected chi connectivity index (χ2v) is 18.4. The van der Waals surface area contributed by atoms with Gasteiger partial charge in [-0.25, -0.2) is 0 Å². The molecule has 6 nitrogen and oxygen atoms in total. The van der Waals surface area contributed by atoms with Crippen LogP contribution in [0.5, 0.6) is 0 Å². The first-order valence-corrected chi connectivity index (χ1v) is 27.1. The van der Waals surface area contributed by atoms with Crippen LogP contribution >= 0.6 is 0 Å². The first-order chi connectivity index (χ1) is 31.0. The van der Waals surface area contributed by atoms with Gasteiger partial charge in [0.25, 0.3) is 0 Å². The molecule has 0 bridgehead atoms. The van der Waals surface area contributed by atoms with Gasteiger partial charge in [-0.15, -0.1) is 0 Å². The van der Waals surface area contributed by atoms with Crippen LogP contribution in [-0.4, -0.2) is 46.9 Å². The molecule has 0 aromatic heterocycles. The summed E-state index contributed by atoms with van der Waals surface area (Å²) in [7, 11) is 0. The lowest BCUT2D eigenvalue weighted by molar-refractivity contribution is -0.151. The van der Waals surface area contributed by atoms with E-state index < -0.39 is 18.2 Å². The fourth-order valence-corrected chi connectivity index (χ4v) is 8.11. The van der Waals surface area contributed by atoms with Crippen LogP contribution in [0.2, 0.25) is 0 Å². The van der Waals surface area contributed by atoms with Crippen molar-refractivity contribution in [3.05, 3.63) is 60.8 Å². The molecule has 0 aliphatic carbocycles. The largest absolute Gasteiger partial charge is 0.462 e. The number of esters is 1. The maximum absolute atomic E-state index is 13.2. The van der Waals surface area contributed by atoms with Gasteiger partial charge in [0.2, 0.25) is 5.91 Å². The van der Waals surface area contributed by atoms with E-state index in [1.54, 1.807) is 0 Å². The zero-order chi connectivity index (χ0) is 45.9. The average Bonchev–Trinajstić information content (AvgIpc) is 3.28. The van der Waals surface area contributed by atoms with Crippen LogP contribution < -0.4 is 5.32 Å². The highest BCUT2D eigenvalue weighted by Crippen LogP contribution is 2.18. The summed E-state index contributed by atoms with van der Waals surface area (Å²) in [5.41, 5.74) is 0. The molecular weight excluding hydrogens is 779 g/mol. The minimum Gasteiger partial charge on any atom is -0.462 e. The van der Waals surface area contributed by atoms with Gasteiger partial charge < -0.3 is 20.3 Å². The lowest BCUT2D eigenvalue weighted by Gasteiger charge is -2.24. The highest BCUT2D eigenvalue weighted by Gasteiger charge is 2.24. The number of aliphatic hydroxyl groups is 2. The van der Waals surface area contributed by atoms with Gasteiger partial charge in [0.05, 0.1) is 25.2 Å². The van der Waals surface area contributed by atoms with Crippen molar-refractivity contribution in [2.75, 3.05) is 6.61 Å². The van der Waals surface area contributed by atoms with Crippen molar-refractivity contribution in [1.82, 2.24) is 5.32 Å². The highest BCUT2D eigenvalue weighted by atomic mass is 16.5. The molecule has 0 spiro atoms. The minimum absolute atomic E-state index is 0.0504. The van der Waals surface area contributed by atoms with Crippen molar-refractivity contribution in [2.45, 2.75) is 283 Å². The first kappa shape index (κ1) is 60.6. The zero-order valence-corrected chi connectivity index (χ0v) is 41.7. The van der Waals surface area contributed by atoms with E-state index in [1.807, 2.05) is 36.5 Å². The zero-order valence-electron chi connectivity index (χ0n) is 41.7. The quantitative estimate of drug-likeness (QED) is 0.0321. The fourth-order valence-electron chi connectivity index (χ4n) is 8.11. The van der Waals surface area contributed by atoms with Crippen LogP contribution in [-0.2, 0) is 14.3 Å². The predicted octanol–water partition coefficient (Wildman–Crippen LogP) is 16.4. The Morgan fingerprint density at radius 2 is 0.841 bits per heavy atom. The number of allylic oxidation sites excluding steroid dienone is 10. The smallest absolute Gasteiger partial charge is 0.306 e. The molecule has 0 aromatic carbocycles. The molecule has 0 saturated heterocycles. The van der Waals surface area contributed by atoms with Crippen LogP contribution in [0.15, 0.2) is 60.8 Å². The van der Waals surface area contributed by atoms with Crippen molar-refractivity contribution in [1.29, 1.82) is 0 Å². The van der Waals surface area contributed by atoms with Gasteiger partial charge in [0.1, 0.15) is 6.10 Å². The molecule has 0 aromatic rings. The Labute approximate surface area is 390 Å². The topological polar surface area (TPSA) is 95.9 Å². The minimum atomic E-state index is -0.799. The second-order valence-electron chi connectivity index (χ2n) is 18.4. The number of hydrogen-bond acceptors (Lipinski definition) is 5. The summed E-state index contributed by atoms with van der Waals surface area (Å²) in [6.07, 6.45) is 62.8. The number of unbranched alkanes of at least 4 members (excludes halogenated alkanes) is 30. The molecule has 0 fully saturated rings. The van der Waals surface area contributed by atoms with Crippen LogP contribution in [0, 0.1) is 0 Å². The van der Waals surface area contributed by atoms with Gasteiger partial charge in [0.15, 0.2) is 0 Å². The Morgan fingerprint density at radius 3 is 1.29 bits per heavy atom. The van der Waals surface area contributed by atoms with E-state index in [1.165, 1.54) is 148 Å².